The molecule has 20 heavy (non-hydrogen) atoms. The molecule has 4 atom stereocenters. The molecule has 4 unspecified atom stereocenters. The highest BCUT2D eigenvalue weighted by atomic mass is 16.2. The lowest BCUT2D eigenvalue weighted by atomic mass is 10.0. The average molecular weight is 280 g/mol. The van der Waals surface area contributed by atoms with Crippen molar-refractivity contribution in [3.05, 3.63) is 0 Å². The van der Waals surface area contributed by atoms with Crippen LogP contribution in [0.5, 0.6) is 0 Å². The number of hydrogen-bond donors (Lipinski definition) is 2. The second kappa shape index (κ2) is 6.15. The quantitative estimate of drug-likeness (QED) is 0.750. The van der Waals surface area contributed by atoms with Crippen LogP contribution in [0.25, 0.3) is 0 Å². The fourth-order valence-corrected chi connectivity index (χ4v) is 2.58. The standard InChI is InChI=1S/C16H28N2O2/c1-9(13-5-6-13)15(19)17-11(3)12(4)18-16(20)10(2)14-7-8-14/h9-14H,5-8H2,1-4H3,(H,17,19)(H,18,20). The van der Waals surface area contributed by atoms with Crippen LogP contribution in [0.15, 0.2) is 0 Å². The number of rotatable bonds is 7. The number of amides is 2. The highest BCUT2D eigenvalue weighted by molar-refractivity contribution is 5.80. The normalized spacial score (nSPS) is 24.4. The molecule has 2 fully saturated rings. The third-order valence-electron chi connectivity index (χ3n) is 4.98. The molecule has 0 aromatic rings. The van der Waals surface area contributed by atoms with Crippen LogP contribution in [0.1, 0.15) is 53.4 Å². The summed E-state index contributed by atoms with van der Waals surface area (Å²) in [5.74, 6) is 1.59. The molecular formula is C16H28N2O2. The van der Waals surface area contributed by atoms with E-state index in [1.807, 2.05) is 27.7 Å². The fourth-order valence-electron chi connectivity index (χ4n) is 2.58. The smallest absolute Gasteiger partial charge is 0.223 e. The van der Waals surface area contributed by atoms with E-state index >= 15 is 0 Å². The molecule has 0 aliphatic heterocycles. The molecule has 0 radical (unpaired) electrons. The molecule has 0 bridgehead atoms. The van der Waals surface area contributed by atoms with E-state index in [2.05, 4.69) is 10.6 Å². The van der Waals surface area contributed by atoms with Gasteiger partial charge in [-0.05, 0) is 51.4 Å². The van der Waals surface area contributed by atoms with Gasteiger partial charge in [-0.3, -0.25) is 9.59 Å². The van der Waals surface area contributed by atoms with Crippen LogP contribution in [0.4, 0.5) is 0 Å². The molecule has 2 aliphatic carbocycles. The van der Waals surface area contributed by atoms with E-state index in [1.165, 1.54) is 25.7 Å². The first kappa shape index (κ1) is 15.3. The summed E-state index contributed by atoms with van der Waals surface area (Å²) in [6.07, 6.45) is 4.70. The molecule has 114 valence electrons. The Balaban J connectivity index is 1.74. The second-order valence-electron chi connectivity index (χ2n) is 6.85. The first-order valence-corrected chi connectivity index (χ1v) is 8.01. The van der Waals surface area contributed by atoms with E-state index in [-0.39, 0.29) is 35.7 Å². The summed E-state index contributed by atoms with van der Waals surface area (Å²) in [4.78, 5) is 24.1. The minimum atomic E-state index is -0.0287. The van der Waals surface area contributed by atoms with Crippen molar-refractivity contribution in [2.75, 3.05) is 0 Å². The Kier molecular flexibility index (Phi) is 4.71. The van der Waals surface area contributed by atoms with Crippen LogP contribution >= 0.6 is 0 Å². The van der Waals surface area contributed by atoms with Crippen molar-refractivity contribution in [2.45, 2.75) is 65.5 Å². The van der Waals surface area contributed by atoms with E-state index < -0.39 is 0 Å². The fraction of sp³-hybridized carbons (Fsp3) is 0.875. The molecule has 0 saturated heterocycles. The number of carbonyl (C=O) groups excluding carboxylic acids is 2. The lowest BCUT2D eigenvalue weighted by molar-refractivity contribution is -0.128. The Hall–Kier alpha value is -1.06. The molecule has 0 aromatic carbocycles. The monoisotopic (exact) mass is 280 g/mol. The van der Waals surface area contributed by atoms with E-state index in [9.17, 15) is 9.59 Å². The second-order valence-corrected chi connectivity index (χ2v) is 6.85. The maximum atomic E-state index is 12.1. The van der Waals surface area contributed by atoms with Crippen LogP contribution in [0, 0.1) is 23.7 Å². The molecule has 4 heteroatoms. The lowest BCUT2D eigenvalue weighted by Crippen LogP contribution is -2.51. The third-order valence-corrected chi connectivity index (χ3v) is 4.98. The zero-order chi connectivity index (χ0) is 14.9. The van der Waals surface area contributed by atoms with E-state index in [0.29, 0.717) is 11.8 Å². The van der Waals surface area contributed by atoms with Gasteiger partial charge >= 0.3 is 0 Å². The van der Waals surface area contributed by atoms with Crippen molar-refractivity contribution < 1.29 is 9.59 Å². The van der Waals surface area contributed by atoms with Gasteiger partial charge in [0.25, 0.3) is 0 Å². The first-order valence-electron chi connectivity index (χ1n) is 8.01. The molecule has 2 N–H and O–H groups in total. The van der Waals surface area contributed by atoms with Gasteiger partial charge in [0.1, 0.15) is 0 Å². The average Bonchev–Trinajstić information content (AvgIpc) is 3.29. The summed E-state index contributed by atoms with van der Waals surface area (Å²) in [5.41, 5.74) is 0. The van der Waals surface area contributed by atoms with Crippen molar-refractivity contribution >= 4 is 11.8 Å². The highest BCUT2D eigenvalue weighted by Gasteiger charge is 2.35. The molecule has 2 amide bonds. The van der Waals surface area contributed by atoms with Crippen LogP contribution < -0.4 is 10.6 Å². The van der Waals surface area contributed by atoms with E-state index in [1.54, 1.807) is 0 Å². The minimum absolute atomic E-state index is 0.0287. The Morgan fingerprint density at radius 3 is 1.30 bits per heavy atom. The first-order chi connectivity index (χ1) is 9.40. The van der Waals surface area contributed by atoms with Crippen molar-refractivity contribution in [1.29, 1.82) is 0 Å². The van der Waals surface area contributed by atoms with Gasteiger partial charge in [0.05, 0.1) is 0 Å². The zero-order valence-corrected chi connectivity index (χ0v) is 13.1. The molecule has 4 nitrogen and oxygen atoms in total. The Labute approximate surface area is 122 Å². The third kappa shape index (κ3) is 3.97. The van der Waals surface area contributed by atoms with Crippen LogP contribution in [0.3, 0.4) is 0 Å². The number of hydrogen-bond acceptors (Lipinski definition) is 2. The van der Waals surface area contributed by atoms with Gasteiger partial charge in [0.15, 0.2) is 0 Å². The number of nitrogens with one attached hydrogen (secondary N) is 2. The SMILES string of the molecule is CC(NC(=O)C(C)C1CC1)C(C)NC(=O)C(C)C1CC1. The summed E-state index contributed by atoms with van der Waals surface area (Å²) >= 11 is 0. The van der Waals surface area contributed by atoms with Crippen molar-refractivity contribution in [1.82, 2.24) is 10.6 Å². The molecule has 2 rings (SSSR count). The van der Waals surface area contributed by atoms with Crippen molar-refractivity contribution in [2.24, 2.45) is 23.7 Å². The highest BCUT2D eigenvalue weighted by Crippen LogP contribution is 2.37. The molecular weight excluding hydrogens is 252 g/mol. The molecule has 0 spiro atoms. The summed E-state index contributed by atoms with van der Waals surface area (Å²) in [7, 11) is 0. The van der Waals surface area contributed by atoms with Gasteiger partial charge in [0, 0.05) is 23.9 Å². The van der Waals surface area contributed by atoms with Crippen LogP contribution in [0.2, 0.25) is 0 Å². The van der Waals surface area contributed by atoms with Crippen LogP contribution in [-0.4, -0.2) is 23.9 Å². The maximum Gasteiger partial charge on any atom is 0.223 e. The lowest BCUT2D eigenvalue weighted by Gasteiger charge is -2.25. The summed E-state index contributed by atoms with van der Waals surface area (Å²) in [6.45, 7) is 7.92. The van der Waals surface area contributed by atoms with Gasteiger partial charge in [0.2, 0.25) is 11.8 Å². The summed E-state index contributed by atoms with van der Waals surface area (Å²) in [6, 6.07) is -0.0573. The summed E-state index contributed by atoms with van der Waals surface area (Å²) < 4.78 is 0. The van der Waals surface area contributed by atoms with Gasteiger partial charge in [-0.1, -0.05) is 13.8 Å². The van der Waals surface area contributed by atoms with Gasteiger partial charge < -0.3 is 10.6 Å². The minimum Gasteiger partial charge on any atom is -0.351 e. The Morgan fingerprint density at radius 1 is 0.750 bits per heavy atom. The van der Waals surface area contributed by atoms with E-state index in [4.69, 9.17) is 0 Å². The predicted molar refractivity (Wildman–Crippen MR) is 79.0 cm³/mol. The van der Waals surface area contributed by atoms with Crippen LogP contribution in [-0.2, 0) is 9.59 Å². The summed E-state index contributed by atoms with van der Waals surface area (Å²) in [5, 5.41) is 6.07. The molecule has 2 aliphatic rings. The Morgan fingerprint density at radius 2 is 1.05 bits per heavy atom. The number of carbonyl (C=O) groups is 2. The van der Waals surface area contributed by atoms with Crippen molar-refractivity contribution in [3.63, 3.8) is 0 Å². The van der Waals surface area contributed by atoms with Crippen molar-refractivity contribution in [3.8, 4) is 0 Å². The topological polar surface area (TPSA) is 58.2 Å². The molecule has 2 saturated carbocycles. The zero-order valence-electron chi connectivity index (χ0n) is 13.1. The van der Waals surface area contributed by atoms with Gasteiger partial charge in [-0.25, -0.2) is 0 Å². The predicted octanol–water partition coefficient (Wildman–Crippen LogP) is 2.09. The van der Waals surface area contributed by atoms with E-state index in [0.717, 1.165) is 0 Å². The van der Waals surface area contributed by atoms with Gasteiger partial charge in [-0.2, -0.15) is 0 Å². The largest absolute Gasteiger partial charge is 0.351 e. The van der Waals surface area contributed by atoms with Gasteiger partial charge in [-0.15, -0.1) is 0 Å². The Bertz CT molecular complexity index is 339. The molecule has 0 heterocycles. The maximum absolute atomic E-state index is 12.1. The molecule has 0 aromatic heterocycles.